The van der Waals surface area contributed by atoms with Gasteiger partial charge in [0.05, 0.1) is 12.7 Å². The Balaban J connectivity index is 1.51. The molecule has 1 aromatic carbocycles. The summed E-state index contributed by atoms with van der Waals surface area (Å²) in [5.41, 5.74) is 1.05. The van der Waals surface area contributed by atoms with Crippen LogP contribution in [0.15, 0.2) is 24.3 Å². The highest BCUT2D eigenvalue weighted by Gasteiger charge is 2.26. The molecule has 1 saturated heterocycles. The quantitative estimate of drug-likeness (QED) is 0.664. The van der Waals surface area contributed by atoms with Crippen LogP contribution < -0.4 is 5.32 Å². The number of urea groups is 1. The molecular formula is C20H29N3O3. The van der Waals surface area contributed by atoms with Crippen LogP contribution in [0.4, 0.5) is 10.5 Å². The Morgan fingerprint density at radius 1 is 1.04 bits per heavy atom. The van der Waals surface area contributed by atoms with E-state index in [9.17, 15) is 9.59 Å². The number of carbonyl (C=O) groups excluding carboxylic acids is 2. The molecule has 0 aromatic heterocycles. The van der Waals surface area contributed by atoms with Crippen LogP contribution in [-0.4, -0.2) is 61.1 Å². The van der Waals surface area contributed by atoms with E-state index in [-0.39, 0.29) is 6.03 Å². The average Bonchev–Trinajstić information content (AvgIpc) is 2.97. The number of carbonyl (C=O) groups is 2. The monoisotopic (exact) mass is 359 g/mol. The van der Waals surface area contributed by atoms with Crippen LogP contribution in [0.1, 0.15) is 48.9 Å². The topological polar surface area (TPSA) is 61.9 Å². The summed E-state index contributed by atoms with van der Waals surface area (Å²) in [6, 6.07) is 7.43. The van der Waals surface area contributed by atoms with Gasteiger partial charge in [0.25, 0.3) is 0 Å². The molecule has 2 amide bonds. The molecule has 2 aliphatic rings. The van der Waals surface area contributed by atoms with Crippen molar-refractivity contribution in [2.24, 2.45) is 0 Å². The minimum absolute atomic E-state index is 0.104. The summed E-state index contributed by atoms with van der Waals surface area (Å²) in [5, 5.41) is 2.90. The van der Waals surface area contributed by atoms with Crippen molar-refractivity contribution in [1.29, 1.82) is 0 Å². The van der Waals surface area contributed by atoms with Gasteiger partial charge in [0, 0.05) is 37.9 Å². The Bertz CT molecular complexity index is 618. The summed E-state index contributed by atoms with van der Waals surface area (Å²) in [4.78, 5) is 28.6. The Labute approximate surface area is 155 Å². The van der Waals surface area contributed by atoms with Crippen molar-refractivity contribution in [1.82, 2.24) is 9.80 Å². The molecule has 1 aliphatic heterocycles. The highest BCUT2D eigenvalue weighted by Crippen LogP contribution is 2.23. The van der Waals surface area contributed by atoms with Crippen LogP contribution in [0.2, 0.25) is 0 Å². The van der Waals surface area contributed by atoms with E-state index in [1.807, 2.05) is 4.90 Å². The molecule has 1 heterocycles. The lowest BCUT2D eigenvalue weighted by Gasteiger charge is -2.39. The summed E-state index contributed by atoms with van der Waals surface area (Å²) in [6.45, 7) is 3.39. The first kappa shape index (κ1) is 18.7. The molecule has 1 aliphatic carbocycles. The molecule has 0 bridgehead atoms. The van der Waals surface area contributed by atoms with Crippen molar-refractivity contribution >= 4 is 17.7 Å². The number of hydrogen-bond donors (Lipinski definition) is 1. The normalized spacial score (nSPS) is 19.7. The van der Waals surface area contributed by atoms with Gasteiger partial charge in [-0.1, -0.05) is 31.7 Å². The van der Waals surface area contributed by atoms with Crippen molar-refractivity contribution in [2.75, 3.05) is 38.6 Å². The summed E-state index contributed by atoms with van der Waals surface area (Å²) in [6.07, 6.45) is 8.00. The molecule has 1 aromatic rings. The van der Waals surface area contributed by atoms with Crippen molar-refractivity contribution in [3.05, 3.63) is 29.8 Å². The van der Waals surface area contributed by atoms with Crippen molar-refractivity contribution in [2.45, 2.75) is 44.6 Å². The second-order valence-electron chi connectivity index (χ2n) is 7.17. The maximum Gasteiger partial charge on any atom is 0.337 e. The first-order valence-electron chi connectivity index (χ1n) is 9.66. The molecule has 2 fully saturated rings. The van der Waals surface area contributed by atoms with E-state index in [2.05, 4.69) is 10.2 Å². The second kappa shape index (κ2) is 9.03. The van der Waals surface area contributed by atoms with Gasteiger partial charge in [0.15, 0.2) is 0 Å². The number of nitrogens with zero attached hydrogens (tertiary/aromatic N) is 2. The van der Waals surface area contributed by atoms with Gasteiger partial charge in [-0.05, 0) is 31.0 Å². The fourth-order valence-corrected chi connectivity index (χ4v) is 3.96. The highest BCUT2D eigenvalue weighted by atomic mass is 16.5. The maximum absolute atomic E-state index is 12.5. The summed E-state index contributed by atoms with van der Waals surface area (Å²) in [5.74, 6) is -0.405. The van der Waals surface area contributed by atoms with E-state index in [1.165, 1.54) is 45.6 Å². The van der Waals surface area contributed by atoms with Gasteiger partial charge in [-0.2, -0.15) is 0 Å². The zero-order valence-corrected chi connectivity index (χ0v) is 15.6. The number of nitrogens with one attached hydrogen (secondary N) is 1. The van der Waals surface area contributed by atoms with Crippen LogP contribution >= 0.6 is 0 Å². The smallest absolute Gasteiger partial charge is 0.337 e. The van der Waals surface area contributed by atoms with Gasteiger partial charge in [0.2, 0.25) is 0 Å². The predicted octanol–water partition coefficient (Wildman–Crippen LogP) is 3.35. The van der Waals surface area contributed by atoms with Gasteiger partial charge in [-0.3, -0.25) is 4.90 Å². The van der Waals surface area contributed by atoms with Gasteiger partial charge in [-0.15, -0.1) is 0 Å². The number of amides is 2. The molecule has 6 heteroatoms. The molecule has 26 heavy (non-hydrogen) atoms. The molecule has 0 radical (unpaired) electrons. The molecular weight excluding hydrogens is 330 g/mol. The van der Waals surface area contributed by atoms with E-state index in [4.69, 9.17) is 4.74 Å². The number of hydrogen-bond acceptors (Lipinski definition) is 4. The molecule has 3 rings (SSSR count). The fraction of sp³-hybridized carbons (Fsp3) is 0.600. The third kappa shape index (κ3) is 4.75. The Morgan fingerprint density at radius 3 is 2.38 bits per heavy atom. The second-order valence-corrected chi connectivity index (χ2v) is 7.17. The highest BCUT2D eigenvalue weighted by molar-refractivity contribution is 5.93. The average molecular weight is 359 g/mol. The van der Waals surface area contributed by atoms with Gasteiger partial charge in [-0.25, -0.2) is 9.59 Å². The molecule has 0 spiro atoms. The van der Waals surface area contributed by atoms with Crippen molar-refractivity contribution in [3.8, 4) is 0 Å². The fourth-order valence-electron chi connectivity index (χ4n) is 3.96. The predicted molar refractivity (Wildman–Crippen MR) is 101 cm³/mol. The van der Waals surface area contributed by atoms with Gasteiger partial charge in [0.1, 0.15) is 0 Å². The molecule has 1 saturated carbocycles. The number of esters is 1. The zero-order valence-electron chi connectivity index (χ0n) is 15.6. The van der Waals surface area contributed by atoms with Crippen molar-refractivity contribution in [3.63, 3.8) is 0 Å². The number of benzene rings is 1. The first-order chi connectivity index (χ1) is 12.7. The third-order valence-corrected chi connectivity index (χ3v) is 5.48. The summed E-state index contributed by atoms with van der Waals surface area (Å²) >= 11 is 0. The van der Waals surface area contributed by atoms with E-state index in [1.54, 1.807) is 24.3 Å². The van der Waals surface area contributed by atoms with Crippen LogP contribution in [0.5, 0.6) is 0 Å². The van der Waals surface area contributed by atoms with E-state index in [0.29, 0.717) is 17.3 Å². The van der Waals surface area contributed by atoms with E-state index in [0.717, 1.165) is 26.2 Å². The number of methoxy groups -OCH3 is 1. The molecule has 142 valence electrons. The molecule has 6 nitrogen and oxygen atoms in total. The maximum atomic E-state index is 12.5. The molecule has 0 atom stereocenters. The lowest BCUT2D eigenvalue weighted by atomic mass is 10.1. The third-order valence-electron chi connectivity index (χ3n) is 5.48. The van der Waals surface area contributed by atoms with Gasteiger partial charge < -0.3 is 15.0 Å². The Morgan fingerprint density at radius 2 is 1.73 bits per heavy atom. The molecule has 0 unspecified atom stereocenters. The Kier molecular flexibility index (Phi) is 6.50. The zero-order chi connectivity index (χ0) is 18.4. The number of ether oxygens (including phenoxy) is 1. The number of rotatable bonds is 3. The van der Waals surface area contributed by atoms with Crippen LogP contribution in [-0.2, 0) is 4.74 Å². The summed E-state index contributed by atoms with van der Waals surface area (Å²) in [7, 11) is 1.35. The Hall–Kier alpha value is -2.08. The lowest BCUT2D eigenvalue weighted by molar-refractivity contribution is 0.0600. The van der Waals surface area contributed by atoms with Crippen LogP contribution in [0, 0.1) is 0 Å². The number of anilines is 1. The van der Waals surface area contributed by atoms with Gasteiger partial charge >= 0.3 is 12.0 Å². The summed E-state index contributed by atoms with van der Waals surface area (Å²) < 4.78 is 4.72. The lowest BCUT2D eigenvalue weighted by Crippen LogP contribution is -2.52. The van der Waals surface area contributed by atoms with E-state index >= 15 is 0 Å². The minimum Gasteiger partial charge on any atom is -0.465 e. The largest absolute Gasteiger partial charge is 0.465 e. The minimum atomic E-state index is -0.405. The van der Waals surface area contributed by atoms with Crippen LogP contribution in [0.3, 0.4) is 0 Å². The van der Waals surface area contributed by atoms with E-state index < -0.39 is 5.97 Å². The first-order valence-corrected chi connectivity index (χ1v) is 9.66. The van der Waals surface area contributed by atoms with Crippen molar-refractivity contribution < 1.29 is 14.3 Å². The standard InChI is InChI=1S/C20H29N3O3/c1-26-19(24)16-7-6-8-17(15-16)21-20(25)23-13-11-22(12-14-23)18-9-4-2-3-5-10-18/h6-8,15,18H,2-5,9-14H2,1H3,(H,21,25). The van der Waals surface area contributed by atoms with Crippen LogP contribution in [0.25, 0.3) is 0 Å². The molecule has 1 N–H and O–H groups in total. The number of piperazine rings is 1. The SMILES string of the molecule is COC(=O)c1cccc(NC(=O)N2CCN(C3CCCCCC3)CC2)c1.